The van der Waals surface area contributed by atoms with Gasteiger partial charge in [0.1, 0.15) is 56.1 Å². The highest BCUT2D eigenvalue weighted by Crippen LogP contribution is 2.67. The summed E-state index contributed by atoms with van der Waals surface area (Å²) >= 11 is 0. The molecule has 39 heteroatoms. The van der Waals surface area contributed by atoms with Crippen molar-refractivity contribution in [2.24, 2.45) is 120 Å². The Bertz CT molecular complexity index is 5130. The van der Waals surface area contributed by atoms with Gasteiger partial charge in [-0.15, -0.1) is 0 Å². The molecule has 0 radical (unpaired) electrons. The van der Waals surface area contributed by atoms with Crippen LogP contribution in [0.5, 0.6) is 0 Å². The number of primary amides is 3. The van der Waals surface area contributed by atoms with Gasteiger partial charge in [-0.3, -0.25) is 57.5 Å². The number of benzene rings is 2. The number of rotatable bonds is 36. The Hall–Kier alpha value is -11.7. The van der Waals surface area contributed by atoms with Gasteiger partial charge in [0.25, 0.3) is 17.7 Å². The lowest BCUT2D eigenvalue weighted by molar-refractivity contribution is -0.145. The molecule has 18 N–H and O–H groups in total. The topological polar surface area (TPSA) is 567 Å². The minimum absolute atomic E-state index is 0.0628. The quantitative estimate of drug-likeness (QED) is 0.0253. The van der Waals surface area contributed by atoms with Crippen LogP contribution in [0.15, 0.2) is 48.5 Å². The molecule has 13 rings (SSSR count). The molecule has 0 spiro atoms. The average Bonchev–Trinajstić information content (AvgIpc) is 1.53. The zero-order chi connectivity index (χ0) is 107. The maximum absolute atomic E-state index is 14.7. The standard InChI is InChI=1S/C36H52N6O7.C35H50N6O7.C34H58N6O7/c1-7-38-34(48)49-18-25(35(2,3)4)40-33(47)41-27(22-15-20-10-8-9-11-21(20)16-22)32(46)42-17-23-26(36(23,5)6)28(42)31(45)39-24(14-19-12-13-19)29(43)30(37)44;1-34(2,3)24(17-48-33(47)37-6)39-32(46)40-26(21-14-19-9-7-8-10-20(19)15-21)31(45)41-16-22-25(35(22,4)5)27(41)30(44)38-23(13-18-11-12-18)28(42)29(36)43;1-31(2,3)21(17-47-30(46)39-33(7,8)9)37-29(45)38-25(32(4,5)6)28(44)40-16-19-22(34(19,10)11)23(40)27(43)36-20(24(41)26(35)42)15-18-13-12-14-18/h8-11,19,22-28H,7,12-18H2,1-6H3,(H2,37,44)(H,38,48)(H,39,45)(H2,40,41,47);7-10,18,21-27H,11-17H2,1-6H3,(H2,36,43)(H,37,47)(H,38,44)(H2,39,40,46);18-23,25H,12-17H2,1-11H3,(H2,35,42)(H,36,43)(H,39,46)(H2,37,38,45)/t23-,24?,25?,26-,27-,28-;22-,23?,24?,25-,26-,27-;19-,20?,21+,22-,23-,25+/m000/s1. The summed E-state index contributed by atoms with van der Waals surface area (Å²) in [6, 6.07) is 3.61. The van der Waals surface area contributed by atoms with Crippen molar-refractivity contribution in [1.29, 1.82) is 0 Å². The Morgan fingerprint density at radius 2 is 0.674 bits per heavy atom. The number of carbonyl (C=O) groups excluding carboxylic acids is 18. The molecule has 3 aliphatic heterocycles. The van der Waals surface area contributed by atoms with Crippen LogP contribution in [0.2, 0.25) is 0 Å². The predicted molar refractivity (Wildman–Crippen MR) is 534 cm³/mol. The molecule has 18 atom stereocenters. The van der Waals surface area contributed by atoms with Crippen LogP contribution in [0.1, 0.15) is 239 Å². The first-order valence-corrected chi connectivity index (χ1v) is 51.3. The number of alkyl carbamates (subject to hydrolysis) is 3. The molecule has 796 valence electrons. The van der Waals surface area contributed by atoms with Crippen LogP contribution < -0.4 is 81.0 Å². The minimum Gasteiger partial charge on any atom is -0.447 e. The number of hydrogen-bond donors (Lipinski definition) is 15. The van der Waals surface area contributed by atoms with Crippen molar-refractivity contribution >= 4 is 107 Å². The lowest BCUT2D eigenvalue weighted by Crippen LogP contribution is -2.62. The SMILES string of the molecule is CC(C)(C)NC(=O)OC[C@@H](NC(=O)N[C@H](C(=O)N1C[C@H]2[C@@H]([C@H]1C(=O)NC(CC1CCC1)C(=O)C(N)=O)C2(C)C)C(C)(C)C)C(C)(C)C.CCNC(=O)OCC(NC(=O)N[C@H](C(=O)N1C[C@H]2[C@@H]([C@H]1C(=O)NC(CC1CC1)C(=O)C(N)=O)C2(C)C)C1Cc2ccccc2C1)C(C)(C)C.CNC(=O)OCC(NC(=O)N[C@H](C(=O)N1C[C@H]2[C@@H]([C@H]1C(=O)NC(CC1CC1)C(=O)C(N)=O)C2(C)C)C1Cc2ccccc2C1)C(C)(C)C. The maximum atomic E-state index is 14.7. The van der Waals surface area contributed by atoms with Crippen LogP contribution >= 0.6 is 0 Å². The van der Waals surface area contributed by atoms with E-state index in [1.54, 1.807) is 16.7 Å². The highest BCUT2D eigenvalue weighted by molar-refractivity contribution is 6.39. The van der Waals surface area contributed by atoms with Crippen molar-refractivity contribution in [3.05, 3.63) is 70.8 Å². The molecular formula is C105H160N18O21. The summed E-state index contributed by atoms with van der Waals surface area (Å²) in [6.07, 6.45) is 7.94. The smallest absolute Gasteiger partial charge is 0.407 e. The predicted octanol–water partition coefficient (Wildman–Crippen LogP) is 6.57. The Balaban J connectivity index is 0.000000206. The second-order valence-corrected chi connectivity index (χ2v) is 49.1. The van der Waals surface area contributed by atoms with Gasteiger partial charge in [0.05, 0.1) is 36.3 Å². The molecule has 5 unspecified atom stereocenters. The second-order valence-electron chi connectivity index (χ2n) is 49.1. The van der Waals surface area contributed by atoms with Gasteiger partial charge in [-0.25, -0.2) is 28.8 Å². The third kappa shape index (κ3) is 27.5. The van der Waals surface area contributed by atoms with E-state index < -0.39 is 195 Å². The van der Waals surface area contributed by atoms with Crippen molar-refractivity contribution in [2.45, 2.75) is 320 Å². The van der Waals surface area contributed by atoms with Gasteiger partial charge in [-0.05, 0) is 198 Å². The van der Waals surface area contributed by atoms with E-state index in [9.17, 15) is 86.3 Å². The molecular weight excluding hydrogens is 1850 g/mol. The van der Waals surface area contributed by atoms with Gasteiger partial charge in [-0.1, -0.05) is 218 Å². The number of piperidine rings is 3. The van der Waals surface area contributed by atoms with Crippen LogP contribution in [0.4, 0.5) is 28.8 Å². The van der Waals surface area contributed by atoms with E-state index in [1.165, 1.54) is 11.9 Å². The largest absolute Gasteiger partial charge is 0.447 e. The van der Waals surface area contributed by atoms with E-state index in [1.807, 2.05) is 166 Å². The average molecular weight is 2010 g/mol. The van der Waals surface area contributed by atoms with E-state index in [0.29, 0.717) is 71.1 Å². The van der Waals surface area contributed by atoms with Gasteiger partial charge in [0.2, 0.25) is 52.8 Å². The molecule has 9 fully saturated rings. The van der Waals surface area contributed by atoms with E-state index in [4.69, 9.17) is 31.4 Å². The molecule has 0 aromatic heterocycles. The van der Waals surface area contributed by atoms with Crippen molar-refractivity contribution in [2.75, 3.05) is 53.0 Å². The molecule has 2 aromatic carbocycles. The first kappa shape index (κ1) is 113. The van der Waals surface area contributed by atoms with Crippen LogP contribution in [-0.2, 0) is 97.4 Å². The van der Waals surface area contributed by atoms with Crippen LogP contribution in [0.25, 0.3) is 0 Å². The third-order valence-corrected chi connectivity index (χ3v) is 32.0. The number of nitrogens with zero attached hydrogens (tertiary/aromatic N) is 3. The molecule has 144 heavy (non-hydrogen) atoms. The zero-order valence-corrected chi connectivity index (χ0v) is 88.4. The summed E-state index contributed by atoms with van der Waals surface area (Å²) < 4.78 is 16.0. The second kappa shape index (κ2) is 44.3. The summed E-state index contributed by atoms with van der Waals surface area (Å²) in [4.78, 5) is 241. The van der Waals surface area contributed by atoms with Crippen LogP contribution in [0.3, 0.4) is 0 Å². The first-order chi connectivity index (χ1) is 66.9. The Labute approximate surface area is 846 Å². The molecule has 11 aliphatic rings. The fraction of sp³-hybridized carbons (Fsp3) is 0.714. The van der Waals surface area contributed by atoms with Gasteiger partial charge in [-0.2, -0.15) is 0 Å². The molecule has 3 heterocycles. The van der Waals surface area contributed by atoms with E-state index in [0.717, 1.165) is 67.2 Å². The van der Waals surface area contributed by atoms with E-state index in [2.05, 4.69) is 91.5 Å². The Morgan fingerprint density at radius 1 is 0.382 bits per heavy atom. The molecule has 18 amide bonds. The molecule has 0 bridgehead atoms. The number of Topliss-reactive ketones (excluding diaryl/α,β-unsaturated/α-hetero) is 3. The summed E-state index contributed by atoms with van der Waals surface area (Å²) in [7, 11) is 1.45. The Morgan fingerprint density at radius 3 is 0.938 bits per heavy atom. The number of amides is 18. The molecule has 39 nitrogen and oxygen atoms in total. The normalized spacial score (nSPS) is 24.1. The third-order valence-electron chi connectivity index (χ3n) is 32.0. The number of hydrogen-bond acceptors (Lipinski definition) is 21. The van der Waals surface area contributed by atoms with Gasteiger partial charge < -0.3 is 110 Å². The molecule has 3 saturated heterocycles. The number of fused-ring (bicyclic) bond motifs is 5. The van der Waals surface area contributed by atoms with E-state index in [-0.39, 0.29) is 113 Å². The summed E-state index contributed by atoms with van der Waals surface area (Å²) in [6.45, 7) is 43.4. The van der Waals surface area contributed by atoms with Gasteiger partial charge >= 0.3 is 36.4 Å². The first-order valence-electron chi connectivity index (χ1n) is 51.3. The number of ether oxygens (including phenoxy) is 3. The summed E-state index contributed by atoms with van der Waals surface area (Å²) in [5.41, 5.74) is 17.1. The Kier molecular flexibility index (Phi) is 34.7. The summed E-state index contributed by atoms with van der Waals surface area (Å²) in [5.74, 6) is -8.56. The highest BCUT2D eigenvalue weighted by Gasteiger charge is 2.73. The molecule has 8 aliphatic carbocycles. The monoisotopic (exact) mass is 2010 g/mol. The van der Waals surface area contributed by atoms with Crippen molar-refractivity contribution < 1.29 is 101 Å². The molecule has 2 aromatic rings. The number of carbonyl (C=O) groups is 18. The summed E-state index contributed by atoms with van der Waals surface area (Å²) in [5, 5.41) is 33.6. The van der Waals surface area contributed by atoms with Crippen LogP contribution in [-0.4, -0.2) is 253 Å². The molecule has 6 saturated carbocycles. The lowest BCUT2D eigenvalue weighted by Gasteiger charge is -2.39. The number of likely N-dealkylation sites (tertiary alicyclic amines) is 3. The fourth-order valence-corrected chi connectivity index (χ4v) is 22.1. The van der Waals surface area contributed by atoms with Gasteiger partial charge in [0, 0.05) is 38.8 Å². The van der Waals surface area contributed by atoms with Crippen molar-refractivity contribution in [1.82, 2.24) is 78.5 Å². The number of urea groups is 3. The van der Waals surface area contributed by atoms with Gasteiger partial charge in [0.15, 0.2) is 0 Å². The van der Waals surface area contributed by atoms with Crippen LogP contribution in [0, 0.1) is 103 Å². The maximum Gasteiger partial charge on any atom is 0.407 e. The minimum atomic E-state index is -1.10. The highest BCUT2D eigenvalue weighted by atomic mass is 16.6. The number of nitrogens with two attached hydrogens (primary N) is 3. The lowest BCUT2D eigenvalue weighted by atomic mass is 9.80. The number of ketones is 3. The van der Waals surface area contributed by atoms with Crippen molar-refractivity contribution in [3.8, 4) is 0 Å². The van der Waals surface area contributed by atoms with E-state index >= 15 is 0 Å². The fourth-order valence-electron chi connectivity index (χ4n) is 22.1. The van der Waals surface area contributed by atoms with Crippen molar-refractivity contribution in [3.63, 3.8) is 0 Å². The number of nitrogens with one attached hydrogen (secondary N) is 12. The zero-order valence-electron chi connectivity index (χ0n) is 88.4.